The van der Waals surface area contributed by atoms with Gasteiger partial charge in [-0.2, -0.15) is 0 Å². The summed E-state index contributed by atoms with van der Waals surface area (Å²) in [5.41, 5.74) is 8.68. The van der Waals surface area contributed by atoms with Crippen LogP contribution < -0.4 is 16.2 Å². The highest BCUT2D eigenvalue weighted by molar-refractivity contribution is 5.65. The second-order valence-electron chi connectivity index (χ2n) is 5.85. The number of hydrogen-bond donors (Lipinski definition) is 1. The molecule has 0 fully saturated rings. The van der Waals surface area contributed by atoms with Crippen LogP contribution in [0.1, 0.15) is 5.56 Å². The summed E-state index contributed by atoms with van der Waals surface area (Å²) in [7, 11) is 1.61. The highest BCUT2D eigenvalue weighted by Crippen LogP contribution is 2.22. The molecule has 0 spiro atoms. The number of aromatic nitrogens is 4. The van der Waals surface area contributed by atoms with Gasteiger partial charge in [0.2, 0.25) is 5.95 Å². The highest BCUT2D eigenvalue weighted by atomic mass is 16.5. The summed E-state index contributed by atoms with van der Waals surface area (Å²) in [5.74, 6) is 0.865. The number of hydrogen-bond acceptors (Lipinski definition) is 5. The van der Waals surface area contributed by atoms with Crippen molar-refractivity contribution in [3.63, 3.8) is 0 Å². The van der Waals surface area contributed by atoms with Crippen molar-refractivity contribution in [2.75, 3.05) is 12.8 Å². The van der Waals surface area contributed by atoms with E-state index in [0.29, 0.717) is 17.9 Å². The fourth-order valence-corrected chi connectivity index (χ4v) is 2.83. The first-order valence-electron chi connectivity index (χ1n) is 8.10. The van der Waals surface area contributed by atoms with Crippen molar-refractivity contribution in [3.05, 3.63) is 76.7 Å². The van der Waals surface area contributed by atoms with E-state index in [4.69, 9.17) is 10.5 Å². The van der Waals surface area contributed by atoms with Gasteiger partial charge in [-0.05, 0) is 29.8 Å². The SMILES string of the molecule is COc1ccc(-c2cc3nn(Cc4ccccc4)c(=O)n3c(N)n2)cc1. The van der Waals surface area contributed by atoms with E-state index in [9.17, 15) is 4.79 Å². The zero-order valence-corrected chi connectivity index (χ0v) is 14.2. The molecule has 130 valence electrons. The van der Waals surface area contributed by atoms with E-state index >= 15 is 0 Å². The van der Waals surface area contributed by atoms with Crippen molar-refractivity contribution < 1.29 is 4.74 Å². The Hall–Kier alpha value is -3.61. The van der Waals surface area contributed by atoms with Crippen LogP contribution in [0.4, 0.5) is 5.95 Å². The molecule has 0 aliphatic carbocycles. The molecule has 0 saturated heterocycles. The van der Waals surface area contributed by atoms with Gasteiger partial charge in [-0.3, -0.25) is 0 Å². The number of nitrogens with zero attached hydrogens (tertiary/aromatic N) is 4. The molecule has 26 heavy (non-hydrogen) atoms. The number of methoxy groups -OCH3 is 1. The minimum absolute atomic E-state index is 0.109. The van der Waals surface area contributed by atoms with Crippen molar-refractivity contribution in [3.8, 4) is 17.0 Å². The zero-order valence-electron chi connectivity index (χ0n) is 14.2. The first-order chi connectivity index (χ1) is 12.7. The summed E-state index contributed by atoms with van der Waals surface area (Å²) in [6.45, 7) is 0.374. The van der Waals surface area contributed by atoms with Gasteiger partial charge in [0, 0.05) is 11.6 Å². The maximum Gasteiger partial charge on any atom is 0.353 e. The molecule has 0 aliphatic rings. The Labute approximate surface area is 149 Å². The van der Waals surface area contributed by atoms with Gasteiger partial charge in [-0.1, -0.05) is 30.3 Å². The fraction of sp³-hybridized carbons (Fsp3) is 0.105. The van der Waals surface area contributed by atoms with Gasteiger partial charge in [0.25, 0.3) is 0 Å². The van der Waals surface area contributed by atoms with Crippen molar-refractivity contribution >= 4 is 11.6 Å². The molecular weight excluding hydrogens is 330 g/mol. The highest BCUT2D eigenvalue weighted by Gasteiger charge is 2.13. The van der Waals surface area contributed by atoms with Gasteiger partial charge in [0.05, 0.1) is 19.3 Å². The predicted molar refractivity (Wildman–Crippen MR) is 99.2 cm³/mol. The number of anilines is 1. The second-order valence-corrected chi connectivity index (χ2v) is 5.85. The number of nitrogen functional groups attached to an aromatic ring is 1. The topological polar surface area (TPSA) is 87.4 Å². The van der Waals surface area contributed by atoms with E-state index in [-0.39, 0.29) is 11.6 Å². The number of fused-ring (bicyclic) bond motifs is 1. The molecule has 4 aromatic rings. The van der Waals surface area contributed by atoms with Gasteiger partial charge < -0.3 is 10.5 Å². The van der Waals surface area contributed by atoms with E-state index in [1.54, 1.807) is 13.2 Å². The zero-order chi connectivity index (χ0) is 18.1. The van der Waals surface area contributed by atoms with E-state index in [0.717, 1.165) is 16.9 Å². The van der Waals surface area contributed by atoms with Crippen LogP contribution in [0.25, 0.3) is 16.9 Å². The molecule has 0 amide bonds. The number of rotatable bonds is 4. The van der Waals surface area contributed by atoms with Gasteiger partial charge in [-0.25, -0.2) is 18.9 Å². The summed E-state index contributed by atoms with van der Waals surface area (Å²) in [5, 5.41) is 4.41. The maximum absolute atomic E-state index is 12.6. The summed E-state index contributed by atoms with van der Waals surface area (Å²) >= 11 is 0. The average molecular weight is 347 g/mol. The van der Waals surface area contributed by atoms with Crippen LogP contribution in [0, 0.1) is 0 Å². The van der Waals surface area contributed by atoms with Gasteiger partial charge in [0.1, 0.15) is 5.75 Å². The van der Waals surface area contributed by atoms with Crippen molar-refractivity contribution in [1.82, 2.24) is 19.2 Å². The third kappa shape index (κ3) is 2.79. The average Bonchev–Trinajstić information content (AvgIpc) is 2.98. The van der Waals surface area contributed by atoms with E-state index in [2.05, 4.69) is 10.1 Å². The molecule has 0 unspecified atom stereocenters. The van der Waals surface area contributed by atoms with E-state index in [1.165, 1.54) is 9.08 Å². The molecule has 7 heteroatoms. The quantitative estimate of drug-likeness (QED) is 0.611. The Morgan fingerprint density at radius 3 is 2.50 bits per heavy atom. The number of ether oxygens (including phenoxy) is 1. The monoisotopic (exact) mass is 347 g/mol. The fourth-order valence-electron chi connectivity index (χ4n) is 2.83. The summed E-state index contributed by atoms with van der Waals surface area (Å²) in [6, 6.07) is 18.9. The minimum Gasteiger partial charge on any atom is -0.497 e. The molecule has 2 aromatic carbocycles. The van der Waals surface area contributed by atoms with Crippen molar-refractivity contribution in [1.29, 1.82) is 0 Å². The lowest BCUT2D eigenvalue weighted by molar-refractivity contribution is 0.415. The summed E-state index contributed by atoms with van der Waals surface area (Å²) in [6.07, 6.45) is 0. The van der Waals surface area contributed by atoms with Gasteiger partial charge in [0.15, 0.2) is 5.65 Å². The smallest absolute Gasteiger partial charge is 0.353 e. The van der Waals surface area contributed by atoms with E-state index < -0.39 is 0 Å². The van der Waals surface area contributed by atoms with E-state index in [1.807, 2.05) is 54.6 Å². The summed E-state index contributed by atoms with van der Waals surface area (Å²) < 4.78 is 7.87. The first-order valence-corrected chi connectivity index (χ1v) is 8.10. The molecule has 0 atom stereocenters. The van der Waals surface area contributed by atoms with Crippen molar-refractivity contribution in [2.45, 2.75) is 6.54 Å². The Morgan fingerprint density at radius 1 is 1.08 bits per heavy atom. The van der Waals surface area contributed by atoms with Crippen LogP contribution in [0.2, 0.25) is 0 Å². The minimum atomic E-state index is -0.310. The Kier molecular flexibility index (Phi) is 3.89. The second kappa shape index (κ2) is 6.36. The standard InChI is InChI=1S/C19H17N5O2/c1-26-15-9-7-14(8-10-15)16-11-17-22-23(12-13-5-3-2-4-6-13)19(25)24(17)18(20)21-16/h2-11H,12H2,1H3,(H2,20,21). The van der Waals surface area contributed by atoms with Gasteiger partial charge in [-0.15, -0.1) is 5.10 Å². The van der Waals surface area contributed by atoms with Crippen LogP contribution in [0.15, 0.2) is 65.5 Å². The van der Waals surface area contributed by atoms with Crippen molar-refractivity contribution in [2.24, 2.45) is 0 Å². The molecule has 2 N–H and O–H groups in total. The predicted octanol–water partition coefficient (Wildman–Crippen LogP) is 2.20. The van der Waals surface area contributed by atoms with Crippen LogP contribution in [-0.2, 0) is 6.54 Å². The molecule has 7 nitrogen and oxygen atoms in total. The Morgan fingerprint density at radius 2 is 1.81 bits per heavy atom. The molecule has 0 aliphatic heterocycles. The van der Waals surface area contributed by atoms with Crippen LogP contribution in [0.3, 0.4) is 0 Å². The molecule has 0 radical (unpaired) electrons. The third-order valence-corrected chi connectivity index (χ3v) is 4.16. The summed E-state index contributed by atoms with van der Waals surface area (Å²) in [4.78, 5) is 17.0. The molecule has 4 rings (SSSR count). The lowest BCUT2D eigenvalue weighted by Crippen LogP contribution is -2.23. The number of benzene rings is 2. The van der Waals surface area contributed by atoms with Crippen LogP contribution in [0.5, 0.6) is 5.75 Å². The number of nitrogens with two attached hydrogens (primary N) is 1. The Bertz CT molecular complexity index is 1110. The van der Waals surface area contributed by atoms with Crippen LogP contribution in [-0.4, -0.2) is 26.3 Å². The maximum atomic E-state index is 12.6. The first kappa shape index (κ1) is 15.9. The Balaban J connectivity index is 1.78. The normalized spacial score (nSPS) is 11.0. The third-order valence-electron chi connectivity index (χ3n) is 4.16. The lowest BCUT2D eigenvalue weighted by atomic mass is 10.1. The lowest BCUT2D eigenvalue weighted by Gasteiger charge is -2.04. The molecule has 0 bridgehead atoms. The molecule has 2 heterocycles. The molecule has 0 saturated carbocycles. The van der Waals surface area contributed by atoms with Crippen LogP contribution >= 0.6 is 0 Å². The molecular formula is C19H17N5O2. The largest absolute Gasteiger partial charge is 0.497 e. The van der Waals surface area contributed by atoms with Gasteiger partial charge >= 0.3 is 5.69 Å². The molecule has 2 aromatic heterocycles.